The highest BCUT2D eigenvalue weighted by Gasteiger charge is 2.23. The summed E-state index contributed by atoms with van der Waals surface area (Å²) in [5, 5.41) is 0. The van der Waals surface area contributed by atoms with Gasteiger partial charge in [-0.2, -0.15) is 0 Å². The van der Waals surface area contributed by atoms with Crippen molar-refractivity contribution in [1.29, 1.82) is 0 Å². The third kappa shape index (κ3) is 2.79. The van der Waals surface area contributed by atoms with Gasteiger partial charge in [-0.1, -0.05) is 0 Å². The van der Waals surface area contributed by atoms with Crippen LogP contribution in [0.3, 0.4) is 0 Å². The van der Waals surface area contributed by atoms with Crippen molar-refractivity contribution in [3.8, 4) is 5.75 Å². The van der Waals surface area contributed by atoms with Crippen molar-refractivity contribution < 1.29 is 18.3 Å². The molecule has 1 atom stereocenters. The lowest BCUT2D eigenvalue weighted by Gasteiger charge is -2.15. The number of methoxy groups -OCH3 is 1. The van der Waals surface area contributed by atoms with Gasteiger partial charge in [-0.3, -0.25) is 4.79 Å². The van der Waals surface area contributed by atoms with Crippen LogP contribution in [0.4, 0.5) is 8.78 Å². The van der Waals surface area contributed by atoms with Crippen molar-refractivity contribution in [2.75, 3.05) is 7.11 Å². The molecular weight excluding hydrogens is 228 g/mol. The molecule has 0 saturated carbocycles. The molecule has 0 amide bonds. The molecule has 94 valence electrons. The van der Waals surface area contributed by atoms with Crippen LogP contribution in [0.1, 0.15) is 34.8 Å². The summed E-state index contributed by atoms with van der Waals surface area (Å²) < 4.78 is 30.5. The van der Waals surface area contributed by atoms with Crippen LogP contribution in [0, 0.1) is 6.92 Å². The third-order valence-electron chi connectivity index (χ3n) is 2.38. The number of rotatable bonds is 4. The molecule has 0 aliphatic heterocycles. The van der Waals surface area contributed by atoms with Gasteiger partial charge in [0.05, 0.1) is 24.3 Å². The normalized spacial score (nSPS) is 12.6. The van der Waals surface area contributed by atoms with Gasteiger partial charge in [0, 0.05) is 0 Å². The van der Waals surface area contributed by atoms with E-state index in [1.54, 1.807) is 6.92 Å². The van der Waals surface area contributed by atoms with Crippen LogP contribution in [0.25, 0.3) is 0 Å². The molecule has 5 heteroatoms. The molecule has 0 aliphatic rings. The van der Waals surface area contributed by atoms with E-state index in [0.717, 1.165) is 0 Å². The van der Waals surface area contributed by atoms with Gasteiger partial charge in [0.2, 0.25) is 0 Å². The minimum atomic E-state index is -2.69. The quantitative estimate of drug-likeness (QED) is 0.826. The monoisotopic (exact) mass is 243 g/mol. The van der Waals surface area contributed by atoms with Gasteiger partial charge < -0.3 is 10.5 Å². The summed E-state index contributed by atoms with van der Waals surface area (Å²) in [6, 6.07) is 2.06. The van der Waals surface area contributed by atoms with E-state index in [2.05, 4.69) is 0 Å². The van der Waals surface area contributed by atoms with E-state index < -0.39 is 18.3 Å². The molecule has 0 saturated heterocycles. The Kier molecular flexibility index (Phi) is 4.17. The predicted octanol–water partition coefficient (Wildman–Crippen LogP) is 2.47. The van der Waals surface area contributed by atoms with Crippen LogP contribution in [0.15, 0.2) is 12.1 Å². The number of hydrogen-bond donors (Lipinski definition) is 1. The van der Waals surface area contributed by atoms with E-state index in [4.69, 9.17) is 10.5 Å². The zero-order valence-corrected chi connectivity index (χ0v) is 9.96. The molecule has 1 unspecified atom stereocenters. The van der Waals surface area contributed by atoms with Gasteiger partial charge in [0.15, 0.2) is 5.78 Å². The molecule has 17 heavy (non-hydrogen) atoms. The Morgan fingerprint density at radius 2 is 2.00 bits per heavy atom. The molecule has 1 aromatic carbocycles. The maximum Gasteiger partial charge on any atom is 0.267 e. The van der Waals surface area contributed by atoms with Crippen LogP contribution in [0.2, 0.25) is 0 Å². The molecule has 1 aromatic rings. The zero-order chi connectivity index (χ0) is 13.2. The third-order valence-corrected chi connectivity index (χ3v) is 2.38. The number of Topliss-reactive ketones (excluding diaryl/α,β-unsaturated/α-hetero) is 1. The smallest absolute Gasteiger partial charge is 0.267 e. The van der Waals surface area contributed by atoms with Gasteiger partial charge in [-0.25, -0.2) is 8.78 Å². The Morgan fingerprint density at radius 3 is 2.41 bits per heavy atom. The summed E-state index contributed by atoms with van der Waals surface area (Å²) in [6.45, 7) is 3.15. The molecule has 0 heterocycles. The Hall–Kier alpha value is -1.49. The summed E-state index contributed by atoms with van der Waals surface area (Å²) in [4.78, 5) is 11.8. The number of hydrogen-bond acceptors (Lipinski definition) is 3. The lowest BCUT2D eigenvalue weighted by molar-refractivity contribution is 0.0963. The van der Waals surface area contributed by atoms with Crippen molar-refractivity contribution in [3.63, 3.8) is 0 Å². The minimum Gasteiger partial charge on any atom is -0.495 e. The number of ether oxygens (including phenoxy) is 1. The highest BCUT2D eigenvalue weighted by Crippen LogP contribution is 2.33. The molecule has 3 nitrogen and oxygen atoms in total. The topological polar surface area (TPSA) is 52.3 Å². The van der Waals surface area contributed by atoms with E-state index >= 15 is 0 Å². The van der Waals surface area contributed by atoms with Crippen molar-refractivity contribution in [2.24, 2.45) is 5.73 Å². The van der Waals surface area contributed by atoms with E-state index in [0.29, 0.717) is 5.56 Å². The standard InChI is InChI=1S/C12H15F2NO2/c1-6-4-8(10(16)7(2)15)11(17-3)9(5-6)12(13)14/h4-5,7,12H,15H2,1-3H3. The number of carbonyl (C=O) groups excluding carboxylic acids is 1. The minimum absolute atomic E-state index is 0.0899. The first-order valence-corrected chi connectivity index (χ1v) is 5.15. The predicted molar refractivity (Wildman–Crippen MR) is 60.7 cm³/mol. The number of benzene rings is 1. The van der Waals surface area contributed by atoms with Gasteiger partial charge in [0.1, 0.15) is 5.75 Å². The van der Waals surface area contributed by atoms with Crippen molar-refractivity contribution in [3.05, 3.63) is 28.8 Å². The largest absolute Gasteiger partial charge is 0.495 e. The number of carbonyl (C=O) groups is 1. The maximum absolute atomic E-state index is 12.8. The Balaban J connectivity index is 3.43. The number of alkyl halides is 2. The highest BCUT2D eigenvalue weighted by atomic mass is 19.3. The second-order valence-electron chi connectivity index (χ2n) is 3.89. The van der Waals surface area contributed by atoms with Crippen LogP contribution in [-0.2, 0) is 0 Å². The molecule has 0 aliphatic carbocycles. The summed E-state index contributed by atoms with van der Waals surface area (Å²) in [7, 11) is 1.26. The Morgan fingerprint density at radius 1 is 1.41 bits per heavy atom. The van der Waals surface area contributed by atoms with Crippen molar-refractivity contribution in [1.82, 2.24) is 0 Å². The maximum atomic E-state index is 12.8. The number of aryl methyl sites for hydroxylation is 1. The molecular formula is C12H15F2NO2. The Bertz CT molecular complexity index is 431. The van der Waals surface area contributed by atoms with Crippen LogP contribution >= 0.6 is 0 Å². The fraction of sp³-hybridized carbons (Fsp3) is 0.417. The average molecular weight is 243 g/mol. The first-order valence-electron chi connectivity index (χ1n) is 5.15. The van der Waals surface area contributed by atoms with Crippen LogP contribution in [-0.4, -0.2) is 18.9 Å². The SMILES string of the molecule is COc1c(C(=O)C(C)N)cc(C)cc1C(F)F. The lowest BCUT2D eigenvalue weighted by Crippen LogP contribution is -2.27. The van der Waals surface area contributed by atoms with Gasteiger partial charge in [0.25, 0.3) is 6.43 Å². The van der Waals surface area contributed by atoms with Crippen molar-refractivity contribution in [2.45, 2.75) is 26.3 Å². The summed E-state index contributed by atoms with van der Waals surface area (Å²) in [5.41, 5.74) is 5.88. The first kappa shape index (κ1) is 13.6. The molecule has 0 bridgehead atoms. The van der Waals surface area contributed by atoms with E-state index in [9.17, 15) is 13.6 Å². The summed E-state index contributed by atoms with van der Waals surface area (Å²) >= 11 is 0. The summed E-state index contributed by atoms with van der Waals surface area (Å²) in [6.07, 6.45) is -2.69. The average Bonchev–Trinajstić information content (AvgIpc) is 2.26. The fourth-order valence-corrected chi connectivity index (χ4v) is 1.62. The molecule has 0 fully saturated rings. The molecule has 2 N–H and O–H groups in total. The second-order valence-corrected chi connectivity index (χ2v) is 3.89. The molecule has 0 radical (unpaired) electrons. The number of nitrogens with two attached hydrogens (primary N) is 1. The second kappa shape index (κ2) is 5.23. The van der Waals surface area contributed by atoms with Crippen LogP contribution in [0.5, 0.6) is 5.75 Å². The van der Waals surface area contributed by atoms with E-state index in [1.807, 2.05) is 0 Å². The summed E-state index contributed by atoms with van der Waals surface area (Å²) in [5.74, 6) is -0.500. The number of halogens is 2. The Labute approximate surface area is 98.6 Å². The van der Waals surface area contributed by atoms with E-state index in [-0.39, 0.29) is 16.9 Å². The number of ketones is 1. The molecule has 0 spiro atoms. The molecule has 1 rings (SSSR count). The first-order chi connectivity index (χ1) is 7.88. The molecule has 0 aromatic heterocycles. The van der Waals surface area contributed by atoms with E-state index in [1.165, 1.54) is 26.2 Å². The lowest BCUT2D eigenvalue weighted by atomic mass is 9.99. The van der Waals surface area contributed by atoms with Gasteiger partial charge >= 0.3 is 0 Å². The van der Waals surface area contributed by atoms with Gasteiger partial charge in [-0.15, -0.1) is 0 Å². The van der Waals surface area contributed by atoms with Crippen molar-refractivity contribution >= 4 is 5.78 Å². The highest BCUT2D eigenvalue weighted by molar-refractivity contribution is 6.02. The van der Waals surface area contributed by atoms with Crippen LogP contribution < -0.4 is 10.5 Å². The van der Waals surface area contributed by atoms with Gasteiger partial charge in [-0.05, 0) is 31.5 Å². The zero-order valence-electron chi connectivity index (χ0n) is 9.96. The fourth-order valence-electron chi connectivity index (χ4n) is 1.62.